The van der Waals surface area contributed by atoms with Crippen LogP contribution in [0.5, 0.6) is 0 Å². The van der Waals surface area contributed by atoms with Crippen molar-refractivity contribution in [2.45, 2.75) is 6.92 Å². The molecular formula is C16H14FN3O. The smallest absolute Gasteiger partial charge is 0.257 e. The van der Waals surface area contributed by atoms with Gasteiger partial charge in [0.2, 0.25) is 0 Å². The number of aromatic nitrogens is 1. The Morgan fingerprint density at radius 1 is 1.38 bits per heavy atom. The molecule has 4 nitrogen and oxygen atoms in total. The number of rotatable bonds is 2. The summed E-state index contributed by atoms with van der Waals surface area (Å²) in [6, 6.07) is 6.58. The summed E-state index contributed by atoms with van der Waals surface area (Å²) < 4.78 is 13.1. The zero-order valence-corrected chi connectivity index (χ0v) is 11.5. The number of nitrogens with two attached hydrogens (primary N) is 1. The number of nitrogens with one attached hydrogen (secondary N) is 1. The summed E-state index contributed by atoms with van der Waals surface area (Å²) >= 11 is 0. The van der Waals surface area contributed by atoms with Crippen LogP contribution in [0.25, 0.3) is 0 Å². The third-order valence-electron chi connectivity index (χ3n) is 2.72. The summed E-state index contributed by atoms with van der Waals surface area (Å²) in [6.45, 7) is 2.16. The van der Waals surface area contributed by atoms with Gasteiger partial charge in [-0.2, -0.15) is 0 Å². The van der Waals surface area contributed by atoms with Crippen LogP contribution in [0.1, 0.15) is 21.5 Å². The molecule has 2 rings (SSSR count). The van der Waals surface area contributed by atoms with E-state index in [1.807, 2.05) is 19.1 Å². The molecule has 0 radical (unpaired) electrons. The van der Waals surface area contributed by atoms with Crippen LogP contribution in [0.2, 0.25) is 0 Å². The summed E-state index contributed by atoms with van der Waals surface area (Å²) in [6.07, 6.45) is 2.35. The van der Waals surface area contributed by atoms with E-state index in [9.17, 15) is 9.18 Å². The minimum atomic E-state index is -0.560. The third-order valence-corrected chi connectivity index (χ3v) is 2.72. The molecule has 0 saturated heterocycles. The second-order valence-corrected chi connectivity index (χ2v) is 4.40. The Kier molecular flexibility index (Phi) is 4.64. The SMILES string of the molecule is Cc1ccc(NC(=O)c2cncc(F)c2)c(C#CCN)c1. The number of halogens is 1. The van der Waals surface area contributed by atoms with E-state index in [1.54, 1.807) is 6.07 Å². The number of amides is 1. The minimum Gasteiger partial charge on any atom is -0.321 e. The van der Waals surface area contributed by atoms with Crippen molar-refractivity contribution in [3.8, 4) is 11.8 Å². The Hall–Kier alpha value is -2.71. The van der Waals surface area contributed by atoms with E-state index in [0.717, 1.165) is 17.8 Å². The number of carbonyl (C=O) groups excluding carboxylic acids is 1. The zero-order chi connectivity index (χ0) is 15.2. The number of pyridine rings is 1. The van der Waals surface area contributed by atoms with Gasteiger partial charge < -0.3 is 11.1 Å². The quantitative estimate of drug-likeness (QED) is 0.829. The van der Waals surface area contributed by atoms with Gasteiger partial charge in [0.1, 0.15) is 5.82 Å². The average Bonchev–Trinajstić information content (AvgIpc) is 2.47. The highest BCUT2D eigenvalue weighted by atomic mass is 19.1. The molecule has 1 aromatic heterocycles. The van der Waals surface area contributed by atoms with E-state index in [1.165, 1.54) is 6.20 Å². The Morgan fingerprint density at radius 3 is 2.90 bits per heavy atom. The zero-order valence-electron chi connectivity index (χ0n) is 11.5. The highest BCUT2D eigenvalue weighted by Crippen LogP contribution is 2.17. The number of benzene rings is 1. The standard InChI is InChI=1S/C16H14FN3O/c1-11-4-5-15(12(7-11)3-2-6-18)20-16(21)13-8-14(17)10-19-9-13/h4-5,7-10H,6,18H2,1H3,(H,20,21). The number of hydrogen-bond acceptors (Lipinski definition) is 3. The van der Waals surface area contributed by atoms with Gasteiger partial charge in [-0.15, -0.1) is 0 Å². The van der Waals surface area contributed by atoms with Crippen LogP contribution in [-0.2, 0) is 0 Å². The van der Waals surface area contributed by atoms with Gasteiger partial charge in [0.25, 0.3) is 5.91 Å². The van der Waals surface area contributed by atoms with Crippen molar-refractivity contribution in [1.82, 2.24) is 4.98 Å². The number of nitrogens with zero attached hydrogens (tertiary/aromatic N) is 1. The number of anilines is 1. The molecule has 21 heavy (non-hydrogen) atoms. The number of hydrogen-bond donors (Lipinski definition) is 2. The molecule has 1 amide bonds. The highest BCUT2D eigenvalue weighted by molar-refractivity contribution is 6.04. The largest absolute Gasteiger partial charge is 0.321 e. The molecule has 0 unspecified atom stereocenters. The summed E-state index contributed by atoms with van der Waals surface area (Å²) in [7, 11) is 0. The molecule has 0 fully saturated rings. The molecule has 0 aliphatic heterocycles. The molecule has 0 aliphatic carbocycles. The maximum atomic E-state index is 13.1. The van der Waals surface area contributed by atoms with Gasteiger partial charge in [0.15, 0.2) is 0 Å². The summed E-state index contributed by atoms with van der Waals surface area (Å²) in [5.74, 6) is 4.65. The fourth-order valence-corrected chi connectivity index (χ4v) is 1.75. The first-order valence-corrected chi connectivity index (χ1v) is 6.31. The van der Waals surface area contributed by atoms with Gasteiger partial charge in [-0.25, -0.2) is 4.39 Å². The Balaban J connectivity index is 2.29. The predicted molar refractivity (Wildman–Crippen MR) is 79.3 cm³/mol. The number of aryl methyl sites for hydroxylation is 1. The van der Waals surface area contributed by atoms with Crippen molar-refractivity contribution in [2.24, 2.45) is 5.73 Å². The van der Waals surface area contributed by atoms with E-state index in [0.29, 0.717) is 11.3 Å². The average molecular weight is 283 g/mol. The van der Waals surface area contributed by atoms with Crippen molar-refractivity contribution >= 4 is 11.6 Å². The Morgan fingerprint density at radius 2 is 2.19 bits per heavy atom. The van der Waals surface area contributed by atoms with E-state index >= 15 is 0 Å². The molecule has 1 heterocycles. The lowest BCUT2D eigenvalue weighted by Gasteiger charge is -2.08. The predicted octanol–water partition coefficient (Wildman–Crippen LogP) is 2.09. The van der Waals surface area contributed by atoms with E-state index in [2.05, 4.69) is 22.1 Å². The van der Waals surface area contributed by atoms with Gasteiger partial charge in [0.05, 0.1) is 24.0 Å². The van der Waals surface area contributed by atoms with Crippen molar-refractivity contribution in [1.29, 1.82) is 0 Å². The molecular weight excluding hydrogens is 269 g/mol. The number of carbonyl (C=O) groups is 1. The molecule has 2 aromatic rings. The molecule has 0 aliphatic rings. The lowest BCUT2D eigenvalue weighted by Crippen LogP contribution is -2.13. The van der Waals surface area contributed by atoms with Crippen LogP contribution >= 0.6 is 0 Å². The lowest BCUT2D eigenvalue weighted by atomic mass is 10.1. The minimum absolute atomic E-state index is 0.147. The first-order chi connectivity index (χ1) is 10.1. The van der Waals surface area contributed by atoms with Gasteiger partial charge in [0, 0.05) is 11.8 Å². The first-order valence-electron chi connectivity index (χ1n) is 6.31. The fraction of sp³-hybridized carbons (Fsp3) is 0.125. The monoisotopic (exact) mass is 283 g/mol. The van der Waals surface area contributed by atoms with Crippen LogP contribution in [0, 0.1) is 24.6 Å². The van der Waals surface area contributed by atoms with Gasteiger partial charge >= 0.3 is 0 Å². The van der Waals surface area contributed by atoms with Gasteiger partial charge in [-0.3, -0.25) is 9.78 Å². The third kappa shape index (κ3) is 3.88. The van der Waals surface area contributed by atoms with Crippen LogP contribution in [0.4, 0.5) is 10.1 Å². The van der Waals surface area contributed by atoms with Crippen LogP contribution in [0.15, 0.2) is 36.7 Å². The summed E-state index contributed by atoms with van der Waals surface area (Å²) in [4.78, 5) is 15.7. The topological polar surface area (TPSA) is 68.0 Å². The highest BCUT2D eigenvalue weighted by Gasteiger charge is 2.10. The second-order valence-electron chi connectivity index (χ2n) is 4.40. The van der Waals surface area contributed by atoms with Crippen molar-refractivity contribution < 1.29 is 9.18 Å². The lowest BCUT2D eigenvalue weighted by molar-refractivity contribution is 0.102. The van der Waals surface area contributed by atoms with Crippen LogP contribution in [0.3, 0.4) is 0 Å². The van der Waals surface area contributed by atoms with Crippen molar-refractivity contribution in [3.05, 3.63) is 59.2 Å². The second kappa shape index (κ2) is 6.64. The van der Waals surface area contributed by atoms with Gasteiger partial charge in [-0.05, 0) is 30.7 Å². The summed E-state index contributed by atoms with van der Waals surface area (Å²) in [5.41, 5.74) is 7.74. The summed E-state index contributed by atoms with van der Waals surface area (Å²) in [5, 5.41) is 2.70. The van der Waals surface area contributed by atoms with Crippen LogP contribution < -0.4 is 11.1 Å². The van der Waals surface area contributed by atoms with Crippen molar-refractivity contribution in [2.75, 3.05) is 11.9 Å². The molecule has 0 saturated carbocycles. The maximum Gasteiger partial charge on any atom is 0.257 e. The molecule has 5 heteroatoms. The Labute approximate surface area is 122 Å². The van der Waals surface area contributed by atoms with E-state index in [4.69, 9.17) is 5.73 Å². The molecule has 3 N–H and O–H groups in total. The molecule has 0 bridgehead atoms. The van der Waals surface area contributed by atoms with E-state index in [-0.39, 0.29) is 12.1 Å². The first kappa shape index (κ1) is 14.7. The van der Waals surface area contributed by atoms with Crippen LogP contribution in [-0.4, -0.2) is 17.4 Å². The maximum absolute atomic E-state index is 13.1. The molecule has 1 aromatic carbocycles. The molecule has 106 valence electrons. The molecule has 0 spiro atoms. The normalized spacial score (nSPS) is 9.67. The molecule has 0 atom stereocenters. The Bertz CT molecular complexity index is 732. The van der Waals surface area contributed by atoms with E-state index < -0.39 is 11.7 Å². The van der Waals surface area contributed by atoms with Crippen molar-refractivity contribution in [3.63, 3.8) is 0 Å². The van der Waals surface area contributed by atoms with Gasteiger partial charge in [-0.1, -0.05) is 17.9 Å². The fourth-order valence-electron chi connectivity index (χ4n) is 1.75.